The highest BCUT2D eigenvalue weighted by Crippen LogP contribution is 2.33. The summed E-state index contributed by atoms with van der Waals surface area (Å²) < 4.78 is 38.8. The van der Waals surface area contributed by atoms with Crippen molar-refractivity contribution in [1.29, 1.82) is 0 Å². The van der Waals surface area contributed by atoms with Crippen LogP contribution in [0.4, 0.5) is 24.8 Å². The molecule has 2 heterocycles. The molecule has 35 heavy (non-hydrogen) atoms. The van der Waals surface area contributed by atoms with Crippen LogP contribution in [0.3, 0.4) is 0 Å². The molecular formula is C23H29F3N6O3. The molecule has 1 aromatic carbocycles. The topological polar surface area (TPSA) is 111 Å². The van der Waals surface area contributed by atoms with E-state index in [1.54, 1.807) is 6.07 Å². The van der Waals surface area contributed by atoms with Crippen molar-refractivity contribution in [3.63, 3.8) is 0 Å². The fourth-order valence-corrected chi connectivity index (χ4v) is 3.52. The number of hydrogen-bond donors (Lipinski definition) is 3. The maximum Gasteiger partial charge on any atom is 0.417 e. The zero-order chi connectivity index (χ0) is 25.6. The molecule has 0 radical (unpaired) electrons. The molecule has 3 N–H and O–H groups in total. The third kappa shape index (κ3) is 7.04. The van der Waals surface area contributed by atoms with E-state index < -0.39 is 24.1 Å². The van der Waals surface area contributed by atoms with Gasteiger partial charge in [-0.2, -0.15) is 13.2 Å². The molecule has 1 aliphatic rings. The molecule has 1 atom stereocenters. The van der Waals surface area contributed by atoms with E-state index in [0.29, 0.717) is 50.6 Å². The monoisotopic (exact) mass is 494 g/mol. The van der Waals surface area contributed by atoms with Gasteiger partial charge in [-0.05, 0) is 6.92 Å². The highest BCUT2D eigenvalue weighted by atomic mass is 19.4. The average molecular weight is 495 g/mol. The van der Waals surface area contributed by atoms with Gasteiger partial charge >= 0.3 is 6.18 Å². The summed E-state index contributed by atoms with van der Waals surface area (Å²) in [5, 5.41) is 15.5. The largest absolute Gasteiger partial charge is 0.417 e. The van der Waals surface area contributed by atoms with Crippen molar-refractivity contribution in [3.8, 4) is 11.4 Å². The van der Waals surface area contributed by atoms with Crippen LogP contribution in [0.5, 0.6) is 0 Å². The van der Waals surface area contributed by atoms with Gasteiger partial charge in [0.15, 0.2) is 11.4 Å². The number of alkyl halides is 3. The van der Waals surface area contributed by atoms with Gasteiger partial charge in [-0.15, -0.1) is 0 Å². The van der Waals surface area contributed by atoms with E-state index in [1.165, 1.54) is 11.8 Å². The molecule has 9 nitrogen and oxygen atoms in total. The Balaban J connectivity index is 1.71. The molecule has 0 bridgehead atoms. The van der Waals surface area contributed by atoms with Gasteiger partial charge in [0, 0.05) is 57.8 Å². The van der Waals surface area contributed by atoms with E-state index in [-0.39, 0.29) is 19.0 Å². The summed E-state index contributed by atoms with van der Waals surface area (Å²) in [5.74, 6) is 0.767. The summed E-state index contributed by atoms with van der Waals surface area (Å²) in [4.78, 5) is 35.9. The van der Waals surface area contributed by atoms with Crippen molar-refractivity contribution in [1.82, 2.24) is 20.2 Å². The Morgan fingerprint density at radius 1 is 1.06 bits per heavy atom. The number of halogens is 3. The Kier molecular flexibility index (Phi) is 8.15. The van der Waals surface area contributed by atoms with E-state index in [9.17, 15) is 27.9 Å². The predicted octanol–water partition coefficient (Wildman–Crippen LogP) is 2.04. The number of aliphatic hydroxyl groups is 1. The number of carbonyl (C=O) groups is 2. The number of piperazine rings is 1. The zero-order valence-corrected chi connectivity index (χ0v) is 19.6. The van der Waals surface area contributed by atoms with Gasteiger partial charge in [0.05, 0.1) is 6.42 Å². The predicted molar refractivity (Wildman–Crippen MR) is 125 cm³/mol. The molecule has 0 saturated carbocycles. The molecule has 3 rings (SSSR count). The number of nitrogens with one attached hydrogen (secondary N) is 2. The Morgan fingerprint density at radius 2 is 1.71 bits per heavy atom. The minimum absolute atomic E-state index is 0.135. The normalized spacial score (nSPS) is 15.9. The summed E-state index contributed by atoms with van der Waals surface area (Å²) in [6.07, 6.45) is -5.91. The second kappa shape index (κ2) is 10.9. The van der Waals surface area contributed by atoms with Gasteiger partial charge in [0.2, 0.25) is 11.8 Å². The number of anilines is 2. The van der Waals surface area contributed by atoms with E-state index in [2.05, 4.69) is 20.6 Å². The Morgan fingerprint density at radius 3 is 2.31 bits per heavy atom. The lowest BCUT2D eigenvalue weighted by atomic mass is 10.0. The molecule has 0 spiro atoms. The van der Waals surface area contributed by atoms with Gasteiger partial charge in [0.1, 0.15) is 11.6 Å². The van der Waals surface area contributed by atoms with Crippen LogP contribution in [-0.4, -0.2) is 82.8 Å². The van der Waals surface area contributed by atoms with Crippen LogP contribution in [0.2, 0.25) is 0 Å². The Hall–Kier alpha value is -3.41. The molecule has 1 aliphatic heterocycles. The first-order valence-corrected chi connectivity index (χ1v) is 11.2. The Bertz CT molecular complexity index is 1020. The van der Waals surface area contributed by atoms with Crippen molar-refractivity contribution in [2.24, 2.45) is 0 Å². The van der Waals surface area contributed by atoms with Crippen molar-refractivity contribution in [3.05, 3.63) is 36.4 Å². The Labute approximate surface area is 201 Å². The molecule has 0 aliphatic carbocycles. The van der Waals surface area contributed by atoms with Gasteiger partial charge in [0.25, 0.3) is 0 Å². The average Bonchev–Trinajstić information content (AvgIpc) is 2.81. The number of aromatic nitrogens is 2. The summed E-state index contributed by atoms with van der Waals surface area (Å²) in [5.41, 5.74) is -2.27. The van der Waals surface area contributed by atoms with Gasteiger partial charge in [-0.1, -0.05) is 30.3 Å². The van der Waals surface area contributed by atoms with Gasteiger partial charge in [-0.3, -0.25) is 9.59 Å². The minimum Gasteiger partial charge on any atom is -0.380 e. The highest BCUT2D eigenvalue weighted by molar-refractivity contribution is 5.77. The lowest BCUT2D eigenvalue weighted by Gasteiger charge is -2.37. The van der Waals surface area contributed by atoms with Gasteiger partial charge < -0.3 is 25.5 Å². The maximum atomic E-state index is 12.9. The number of rotatable bonds is 8. The molecule has 1 saturated heterocycles. The third-order valence-electron chi connectivity index (χ3n) is 5.61. The molecule has 12 heteroatoms. The number of nitrogens with zero attached hydrogens (tertiary/aromatic N) is 4. The van der Waals surface area contributed by atoms with Crippen LogP contribution in [0, 0.1) is 0 Å². The van der Waals surface area contributed by atoms with Crippen LogP contribution in [0.15, 0.2) is 36.4 Å². The zero-order valence-electron chi connectivity index (χ0n) is 19.6. The van der Waals surface area contributed by atoms with Gasteiger partial charge in [-0.25, -0.2) is 9.97 Å². The van der Waals surface area contributed by atoms with Crippen molar-refractivity contribution >= 4 is 23.5 Å². The van der Waals surface area contributed by atoms with E-state index in [1.807, 2.05) is 35.2 Å². The summed E-state index contributed by atoms with van der Waals surface area (Å²) >= 11 is 0. The maximum absolute atomic E-state index is 12.9. The number of benzene rings is 1. The quantitative estimate of drug-likeness (QED) is 0.482. The van der Waals surface area contributed by atoms with Crippen molar-refractivity contribution < 1.29 is 27.9 Å². The first-order chi connectivity index (χ1) is 16.5. The second-order valence-electron chi connectivity index (χ2n) is 8.53. The molecular weight excluding hydrogens is 465 g/mol. The SMILES string of the molecule is CC(=O)NCCNc1cc(N2CCN(C(=O)CC(C)(O)C(F)(F)F)CC2)nc(-c2ccccc2)n1. The van der Waals surface area contributed by atoms with Crippen molar-refractivity contribution in [2.75, 3.05) is 49.5 Å². The molecule has 190 valence electrons. The fraction of sp³-hybridized carbons (Fsp3) is 0.478. The second-order valence-corrected chi connectivity index (χ2v) is 8.53. The standard InChI is InChI=1S/C23H29F3N6O3/c1-16(33)27-8-9-28-18-14-19(30-21(29-18)17-6-4-3-5-7-17)31-10-12-32(13-11-31)20(34)15-22(2,35)23(24,25)26/h3-7,14,35H,8-13,15H2,1-2H3,(H,27,33)(H,28,29,30). The highest BCUT2D eigenvalue weighted by Gasteiger charge is 2.51. The lowest BCUT2D eigenvalue weighted by molar-refractivity contribution is -0.254. The summed E-state index contributed by atoms with van der Waals surface area (Å²) in [6.45, 7) is 4.01. The minimum atomic E-state index is -4.89. The molecule has 2 aromatic rings. The summed E-state index contributed by atoms with van der Waals surface area (Å²) in [7, 11) is 0. The van der Waals surface area contributed by atoms with Crippen LogP contribution < -0.4 is 15.5 Å². The summed E-state index contributed by atoms with van der Waals surface area (Å²) in [6, 6.07) is 11.1. The smallest absolute Gasteiger partial charge is 0.380 e. The van der Waals surface area contributed by atoms with Crippen molar-refractivity contribution in [2.45, 2.75) is 32.0 Å². The fourth-order valence-electron chi connectivity index (χ4n) is 3.52. The third-order valence-corrected chi connectivity index (χ3v) is 5.61. The molecule has 1 fully saturated rings. The number of hydrogen-bond acceptors (Lipinski definition) is 7. The van der Waals surface area contributed by atoms with E-state index in [0.717, 1.165) is 5.56 Å². The van der Waals surface area contributed by atoms with Crippen LogP contribution in [-0.2, 0) is 9.59 Å². The molecule has 1 aromatic heterocycles. The number of amides is 2. The lowest BCUT2D eigenvalue weighted by Crippen LogP contribution is -2.52. The number of carbonyl (C=O) groups excluding carboxylic acids is 2. The first kappa shape index (κ1) is 26.2. The van der Waals surface area contributed by atoms with Crippen LogP contribution >= 0.6 is 0 Å². The van der Waals surface area contributed by atoms with E-state index in [4.69, 9.17) is 0 Å². The molecule has 1 unspecified atom stereocenters. The first-order valence-electron chi connectivity index (χ1n) is 11.2. The molecule has 2 amide bonds. The van der Waals surface area contributed by atoms with Crippen LogP contribution in [0.1, 0.15) is 20.3 Å². The van der Waals surface area contributed by atoms with Crippen LogP contribution in [0.25, 0.3) is 11.4 Å². The van der Waals surface area contributed by atoms with E-state index >= 15 is 0 Å².